The molecule has 0 amide bonds. The number of halogens is 3. The molecule has 0 radical (unpaired) electrons. The van der Waals surface area contributed by atoms with E-state index < -0.39 is 0 Å². The summed E-state index contributed by atoms with van der Waals surface area (Å²) in [5.74, 6) is 0.0233. The van der Waals surface area contributed by atoms with Crippen LogP contribution in [0.5, 0.6) is 5.75 Å². The number of rotatable bonds is 1. The van der Waals surface area contributed by atoms with Gasteiger partial charge in [0.25, 0.3) is 0 Å². The van der Waals surface area contributed by atoms with Crippen LogP contribution in [0.15, 0.2) is 36.4 Å². The van der Waals surface area contributed by atoms with Gasteiger partial charge in [-0.2, -0.15) is 0 Å². The lowest BCUT2D eigenvalue weighted by Gasteiger charge is -2.07. The van der Waals surface area contributed by atoms with Crippen LogP contribution in [0.4, 0.5) is 0 Å². The molecular formula is C12H7Cl3O. The summed E-state index contributed by atoms with van der Waals surface area (Å²) in [6.45, 7) is 0. The molecule has 0 aromatic heterocycles. The van der Waals surface area contributed by atoms with E-state index in [2.05, 4.69) is 0 Å². The summed E-state index contributed by atoms with van der Waals surface area (Å²) in [7, 11) is 0. The second-order valence-corrected chi connectivity index (χ2v) is 4.46. The normalized spacial score (nSPS) is 10.4. The SMILES string of the molecule is Oc1cc(-c2cccc(Cl)c2Cl)ccc1Cl. The Morgan fingerprint density at radius 1 is 0.875 bits per heavy atom. The van der Waals surface area contributed by atoms with Gasteiger partial charge < -0.3 is 5.11 Å². The van der Waals surface area contributed by atoms with Crippen molar-refractivity contribution in [1.82, 2.24) is 0 Å². The highest BCUT2D eigenvalue weighted by Gasteiger charge is 2.08. The predicted octanol–water partition coefficient (Wildman–Crippen LogP) is 5.02. The van der Waals surface area contributed by atoms with Gasteiger partial charge in [0.05, 0.1) is 15.1 Å². The molecule has 0 bridgehead atoms. The Balaban J connectivity index is 2.59. The molecule has 0 aliphatic heterocycles. The van der Waals surface area contributed by atoms with Gasteiger partial charge in [0.15, 0.2) is 0 Å². The molecule has 2 aromatic carbocycles. The Kier molecular flexibility index (Phi) is 3.29. The van der Waals surface area contributed by atoms with Crippen molar-refractivity contribution < 1.29 is 5.11 Å². The van der Waals surface area contributed by atoms with Crippen molar-refractivity contribution >= 4 is 34.8 Å². The van der Waals surface area contributed by atoms with Crippen molar-refractivity contribution in [3.63, 3.8) is 0 Å². The molecule has 0 heterocycles. The number of phenols is 1. The monoisotopic (exact) mass is 272 g/mol. The van der Waals surface area contributed by atoms with Gasteiger partial charge in [0.1, 0.15) is 5.75 Å². The molecule has 0 fully saturated rings. The lowest BCUT2D eigenvalue weighted by molar-refractivity contribution is 0.476. The highest BCUT2D eigenvalue weighted by molar-refractivity contribution is 6.43. The number of hydrogen-bond acceptors (Lipinski definition) is 1. The Morgan fingerprint density at radius 2 is 1.62 bits per heavy atom. The van der Waals surface area contributed by atoms with Crippen LogP contribution in [0.3, 0.4) is 0 Å². The van der Waals surface area contributed by atoms with Crippen LogP contribution in [0, 0.1) is 0 Å². The fourth-order valence-corrected chi connectivity index (χ4v) is 1.93. The van der Waals surface area contributed by atoms with Crippen LogP contribution >= 0.6 is 34.8 Å². The molecule has 0 saturated carbocycles. The fourth-order valence-electron chi connectivity index (χ4n) is 1.41. The molecule has 2 aromatic rings. The van der Waals surface area contributed by atoms with E-state index in [1.807, 2.05) is 6.07 Å². The zero-order chi connectivity index (χ0) is 11.7. The van der Waals surface area contributed by atoms with Gasteiger partial charge in [0, 0.05) is 5.56 Å². The number of aromatic hydroxyl groups is 1. The molecular weight excluding hydrogens is 266 g/mol. The maximum absolute atomic E-state index is 9.51. The zero-order valence-electron chi connectivity index (χ0n) is 8.05. The fraction of sp³-hybridized carbons (Fsp3) is 0. The molecule has 0 atom stereocenters. The van der Waals surface area contributed by atoms with Crippen molar-refractivity contribution in [1.29, 1.82) is 0 Å². The Labute approximate surface area is 108 Å². The molecule has 0 saturated heterocycles. The first kappa shape index (κ1) is 11.6. The van der Waals surface area contributed by atoms with E-state index in [4.69, 9.17) is 34.8 Å². The van der Waals surface area contributed by atoms with E-state index in [-0.39, 0.29) is 5.75 Å². The topological polar surface area (TPSA) is 20.2 Å². The summed E-state index contributed by atoms with van der Waals surface area (Å²) in [5.41, 5.74) is 1.54. The molecule has 1 nitrogen and oxygen atoms in total. The Bertz CT molecular complexity index is 538. The molecule has 2 rings (SSSR count). The highest BCUT2D eigenvalue weighted by Crippen LogP contribution is 2.36. The van der Waals surface area contributed by atoms with Gasteiger partial charge in [-0.05, 0) is 23.8 Å². The molecule has 0 aliphatic rings. The third kappa shape index (κ3) is 2.12. The first-order chi connectivity index (χ1) is 7.59. The number of benzene rings is 2. The van der Waals surface area contributed by atoms with Crippen molar-refractivity contribution in [2.24, 2.45) is 0 Å². The third-order valence-corrected chi connectivity index (χ3v) is 3.35. The van der Waals surface area contributed by atoms with Gasteiger partial charge in [-0.1, -0.05) is 53.0 Å². The van der Waals surface area contributed by atoms with E-state index in [1.54, 1.807) is 30.3 Å². The molecule has 0 unspecified atom stereocenters. The lowest BCUT2D eigenvalue weighted by atomic mass is 10.1. The average Bonchev–Trinajstić information content (AvgIpc) is 2.26. The Morgan fingerprint density at radius 3 is 2.31 bits per heavy atom. The van der Waals surface area contributed by atoms with Crippen LogP contribution in [0.25, 0.3) is 11.1 Å². The molecule has 0 aliphatic carbocycles. The predicted molar refractivity (Wildman–Crippen MR) is 68.6 cm³/mol. The highest BCUT2D eigenvalue weighted by atomic mass is 35.5. The molecule has 1 N–H and O–H groups in total. The van der Waals surface area contributed by atoms with E-state index >= 15 is 0 Å². The van der Waals surface area contributed by atoms with Gasteiger partial charge in [-0.15, -0.1) is 0 Å². The van der Waals surface area contributed by atoms with Crippen molar-refractivity contribution in [3.05, 3.63) is 51.5 Å². The summed E-state index contributed by atoms with van der Waals surface area (Å²) >= 11 is 17.7. The Hall–Kier alpha value is -0.890. The lowest BCUT2D eigenvalue weighted by Crippen LogP contribution is -1.81. The maximum Gasteiger partial charge on any atom is 0.134 e. The second kappa shape index (κ2) is 4.54. The van der Waals surface area contributed by atoms with E-state index in [1.165, 1.54) is 0 Å². The van der Waals surface area contributed by atoms with E-state index in [0.717, 1.165) is 11.1 Å². The summed E-state index contributed by atoms with van der Waals surface area (Å²) < 4.78 is 0. The summed E-state index contributed by atoms with van der Waals surface area (Å²) in [6.07, 6.45) is 0. The van der Waals surface area contributed by atoms with E-state index in [9.17, 15) is 5.11 Å². The third-order valence-electron chi connectivity index (χ3n) is 2.21. The van der Waals surface area contributed by atoms with Crippen LogP contribution in [0.1, 0.15) is 0 Å². The van der Waals surface area contributed by atoms with Gasteiger partial charge in [-0.25, -0.2) is 0 Å². The minimum atomic E-state index is 0.0233. The van der Waals surface area contributed by atoms with Gasteiger partial charge in [-0.3, -0.25) is 0 Å². The standard InChI is InChI=1S/C12H7Cl3O/c13-9-5-4-7(6-11(9)16)8-2-1-3-10(14)12(8)15/h1-6,16H. The minimum absolute atomic E-state index is 0.0233. The quantitative estimate of drug-likeness (QED) is 0.773. The van der Waals surface area contributed by atoms with Crippen LogP contribution in [-0.2, 0) is 0 Å². The molecule has 0 spiro atoms. The van der Waals surface area contributed by atoms with Crippen LogP contribution in [-0.4, -0.2) is 5.11 Å². The number of hydrogen-bond donors (Lipinski definition) is 1. The summed E-state index contributed by atoms with van der Waals surface area (Å²) in [5, 5.41) is 10.8. The minimum Gasteiger partial charge on any atom is -0.506 e. The zero-order valence-corrected chi connectivity index (χ0v) is 10.3. The largest absolute Gasteiger partial charge is 0.506 e. The second-order valence-electron chi connectivity index (χ2n) is 3.27. The first-order valence-electron chi connectivity index (χ1n) is 4.52. The van der Waals surface area contributed by atoms with Crippen molar-refractivity contribution in [2.75, 3.05) is 0 Å². The first-order valence-corrected chi connectivity index (χ1v) is 5.66. The van der Waals surface area contributed by atoms with Crippen LogP contribution < -0.4 is 0 Å². The molecule has 16 heavy (non-hydrogen) atoms. The van der Waals surface area contributed by atoms with Crippen molar-refractivity contribution in [2.45, 2.75) is 0 Å². The van der Waals surface area contributed by atoms with Gasteiger partial charge in [0.2, 0.25) is 0 Å². The number of phenolic OH excluding ortho intramolecular Hbond substituents is 1. The molecule has 82 valence electrons. The average molecular weight is 274 g/mol. The molecule has 4 heteroatoms. The van der Waals surface area contributed by atoms with Gasteiger partial charge >= 0.3 is 0 Å². The van der Waals surface area contributed by atoms with E-state index in [0.29, 0.717) is 15.1 Å². The van der Waals surface area contributed by atoms with Crippen LogP contribution in [0.2, 0.25) is 15.1 Å². The maximum atomic E-state index is 9.51. The summed E-state index contributed by atoms with van der Waals surface area (Å²) in [4.78, 5) is 0. The van der Waals surface area contributed by atoms with Crippen molar-refractivity contribution in [3.8, 4) is 16.9 Å². The smallest absolute Gasteiger partial charge is 0.134 e. The summed E-state index contributed by atoms with van der Waals surface area (Å²) in [6, 6.07) is 10.3.